The zero-order chi connectivity index (χ0) is 15.3. The maximum atomic E-state index is 6.21. The molecule has 0 spiro atoms. The van der Waals surface area contributed by atoms with Crippen LogP contribution in [0.3, 0.4) is 0 Å². The third kappa shape index (κ3) is 3.48. The fraction of sp³-hybridized carbons (Fsp3) is 1.00. The van der Waals surface area contributed by atoms with Gasteiger partial charge in [0.25, 0.3) is 0 Å². The first kappa shape index (κ1) is 18.2. The molecule has 0 aromatic heterocycles. The van der Waals surface area contributed by atoms with Crippen LogP contribution in [-0.4, -0.2) is 54.1 Å². The summed E-state index contributed by atoms with van der Waals surface area (Å²) in [4.78, 5) is 0. The van der Waals surface area contributed by atoms with Crippen LogP contribution in [0, 0.1) is 0 Å². The Morgan fingerprint density at radius 1 is 0.750 bits per heavy atom. The Labute approximate surface area is 123 Å². The molecule has 1 heterocycles. The van der Waals surface area contributed by atoms with E-state index in [1.165, 1.54) is 0 Å². The van der Waals surface area contributed by atoms with Crippen LogP contribution >= 0.6 is 7.59 Å². The number of hydrogen-bond donors (Lipinski definition) is 1. The zero-order valence-corrected chi connectivity index (χ0v) is 14.7. The molecule has 0 amide bonds. The molecule has 8 heteroatoms. The molecule has 1 aliphatic heterocycles. The van der Waals surface area contributed by atoms with Crippen LogP contribution in [0.15, 0.2) is 0 Å². The molecule has 1 aliphatic rings. The number of rotatable bonds is 11. The van der Waals surface area contributed by atoms with Gasteiger partial charge in [-0.25, -0.2) is 0 Å². The van der Waals surface area contributed by atoms with Gasteiger partial charge in [0.05, 0.1) is 0 Å². The van der Waals surface area contributed by atoms with Gasteiger partial charge in [-0.2, -0.15) is 0 Å². The van der Waals surface area contributed by atoms with E-state index in [1.54, 1.807) is 0 Å². The molecule has 1 fully saturated rings. The fourth-order valence-corrected chi connectivity index (χ4v) is 5.41. The third-order valence-electron chi connectivity index (χ3n) is 3.47. The van der Waals surface area contributed by atoms with E-state index in [4.69, 9.17) is 13.9 Å². The van der Waals surface area contributed by atoms with Crippen molar-refractivity contribution in [2.45, 2.75) is 41.5 Å². The predicted octanol–water partition coefficient (Wildman–Crippen LogP) is 2.54. The summed E-state index contributed by atoms with van der Waals surface area (Å²) in [7, 11) is -3.39. The van der Waals surface area contributed by atoms with Crippen molar-refractivity contribution < 1.29 is 13.9 Å². The van der Waals surface area contributed by atoms with E-state index in [0.717, 1.165) is 39.3 Å². The van der Waals surface area contributed by atoms with Crippen LogP contribution in [0.1, 0.15) is 41.5 Å². The van der Waals surface area contributed by atoms with Crippen LogP contribution < -0.4 is 5.25 Å². The van der Waals surface area contributed by atoms with Gasteiger partial charge in [-0.1, -0.05) is 0 Å². The van der Waals surface area contributed by atoms with Gasteiger partial charge >= 0.3 is 122 Å². The van der Waals surface area contributed by atoms with Gasteiger partial charge in [0.2, 0.25) is 0 Å². The van der Waals surface area contributed by atoms with E-state index in [9.17, 15) is 0 Å². The Balaban J connectivity index is 3.00. The van der Waals surface area contributed by atoms with Crippen molar-refractivity contribution >= 4 is 7.59 Å². The molecule has 122 valence electrons. The van der Waals surface area contributed by atoms with Crippen molar-refractivity contribution in [3.8, 4) is 0 Å². The summed E-state index contributed by atoms with van der Waals surface area (Å²) in [5, 5.41) is 6.74. The summed E-state index contributed by atoms with van der Waals surface area (Å²) < 4.78 is 20.2. The predicted molar refractivity (Wildman–Crippen MR) is 82.1 cm³/mol. The van der Waals surface area contributed by atoms with Crippen molar-refractivity contribution in [1.29, 1.82) is 0 Å². The second kappa shape index (κ2) is 7.42. The Kier molecular flexibility index (Phi) is 6.76. The molecule has 0 unspecified atom stereocenters. The third-order valence-corrected chi connectivity index (χ3v) is 6.69. The Bertz CT molecular complexity index is 274. The van der Waals surface area contributed by atoms with E-state index < -0.39 is 7.59 Å². The van der Waals surface area contributed by atoms with Gasteiger partial charge in [-0.15, -0.1) is 0 Å². The van der Waals surface area contributed by atoms with Gasteiger partial charge in [0.15, 0.2) is 0 Å². The Morgan fingerprint density at radius 3 is 1.30 bits per heavy atom. The molecule has 20 heavy (non-hydrogen) atoms. The standard InChI is InChI=1S/C12H31N4O3P/c1-7-14(8-2)18-20(13-17-20,16(11-5)12-6)19-15(9-3)10-4/h13H,7-12H2,1-6H3. The van der Waals surface area contributed by atoms with Crippen LogP contribution in [0.5, 0.6) is 0 Å². The van der Waals surface area contributed by atoms with Crippen molar-refractivity contribution in [1.82, 2.24) is 20.0 Å². The normalized spacial score (nSPS) is 22.1. The molecule has 7 nitrogen and oxygen atoms in total. The quantitative estimate of drug-likeness (QED) is 0.357. The van der Waals surface area contributed by atoms with E-state index in [-0.39, 0.29) is 0 Å². The topological polar surface area (TPSA) is 62.7 Å². The van der Waals surface area contributed by atoms with Gasteiger partial charge < -0.3 is 0 Å². The van der Waals surface area contributed by atoms with E-state index in [0.29, 0.717) is 0 Å². The molecular formula is C12H31N4O3P. The average Bonchev–Trinajstić information content (AvgIpc) is 3.20. The summed E-state index contributed by atoms with van der Waals surface area (Å²) in [5.74, 6) is 0. The first-order chi connectivity index (χ1) is 9.53. The molecule has 0 saturated carbocycles. The Morgan fingerprint density at radius 2 is 1.10 bits per heavy atom. The van der Waals surface area contributed by atoms with Gasteiger partial charge in [0.1, 0.15) is 0 Å². The van der Waals surface area contributed by atoms with Crippen molar-refractivity contribution in [2.24, 2.45) is 0 Å². The molecule has 0 atom stereocenters. The first-order valence-electron chi connectivity index (χ1n) is 7.68. The zero-order valence-electron chi connectivity index (χ0n) is 13.8. The molecule has 0 aromatic carbocycles. The Hall–Kier alpha value is 0.150. The first-order valence-corrected chi connectivity index (χ1v) is 9.62. The summed E-state index contributed by atoms with van der Waals surface area (Å²) in [6, 6.07) is 0. The monoisotopic (exact) mass is 310 g/mol. The summed E-state index contributed by atoms with van der Waals surface area (Å²) in [5.41, 5.74) is 0. The van der Waals surface area contributed by atoms with Crippen LogP contribution in [-0.2, 0) is 13.9 Å². The van der Waals surface area contributed by atoms with Crippen LogP contribution in [0.2, 0.25) is 0 Å². The molecule has 1 rings (SSSR count). The SMILES string of the molecule is CCN(CC)OP1(ON(CC)CC)(N(CC)CC)NO1. The number of nitrogens with one attached hydrogen (secondary N) is 1. The van der Waals surface area contributed by atoms with Crippen LogP contribution in [0.25, 0.3) is 0 Å². The van der Waals surface area contributed by atoms with Crippen molar-refractivity contribution in [3.05, 3.63) is 0 Å². The number of hydroxylamine groups is 4. The average molecular weight is 310 g/mol. The second-order valence-corrected chi connectivity index (χ2v) is 7.50. The second-order valence-electron chi connectivity index (χ2n) is 4.56. The van der Waals surface area contributed by atoms with Gasteiger partial charge in [0, 0.05) is 0 Å². The van der Waals surface area contributed by atoms with E-state index >= 15 is 0 Å². The molecular weight excluding hydrogens is 279 g/mol. The summed E-state index contributed by atoms with van der Waals surface area (Å²) in [6.45, 7) is 17.1. The van der Waals surface area contributed by atoms with Crippen molar-refractivity contribution in [3.63, 3.8) is 0 Å². The molecule has 1 saturated heterocycles. The number of hydrogen-bond acceptors (Lipinski definition) is 7. The van der Waals surface area contributed by atoms with Gasteiger partial charge in [-0.05, 0) is 0 Å². The van der Waals surface area contributed by atoms with Gasteiger partial charge in [-0.3, -0.25) is 0 Å². The molecule has 0 bridgehead atoms. The van der Waals surface area contributed by atoms with Crippen molar-refractivity contribution in [2.75, 3.05) is 39.3 Å². The van der Waals surface area contributed by atoms with Crippen LogP contribution in [0.4, 0.5) is 0 Å². The molecule has 0 aromatic rings. The minimum absolute atomic E-state index is 0.780. The van der Waals surface area contributed by atoms with E-state index in [2.05, 4.69) is 51.5 Å². The summed E-state index contributed by atoms with van der Waals surface area (Å²) >= 11 is 0. The molecule has 0 radical (unpaired) electrons. The summed E-state index contributed by atoms with van der Waals surface area (Å²) in [6.07, 6.45) is 0. The minimum atomic E-state index is -3.39. The maximum absolute atomic E-state index is 6.21. The fourth-order valence-electron chi connectivity index (χ4n) is 2.15. The molecule has 1 N–H and O–H groups in total. The van der Waals surface area contributed by atoms with E-state index in [1.807, 2.05) is 10.1 Å². The number of nitrogens with zero attached hydrogens (tertiary/aromatic N) is 3. The molecule has 0 aliphatic carbocycles.